The van der Waals surface area contributed by atoms with Gasteiger partial charge in [-0.1, -0.05) is 18.2 Å². The van der Waals surface area contributed by atoms with Crippen LogP contribution >= 0.6 is 0 Å². The fourth-order valence-corrected chi connectivity index (χ4v) is 2.68. The van der Waals surface area contributed by atoms with Crippen LogP contribution in [-0.4, -0.2) is 29.4 Å². The van der Waals surface area contributed by atoms with E-state index in [1.165, 1.54) is 6.33 Å². The number of fused-ring (bicyclic) bond motifs is 1. The highest BCUT2D eigenvalue weighted by molar-refractivity contribution is 5.47. The van der Waals surface area contributed by atoms with Crippen LogP contribution < -0.4 is 5.32 Å². The predicted octanol–water partition coefficient (Wildman–Crippen LogP) is 2.54. The van der Waals surface area contributed by atoms with Gasteiger partial charge in [-0.15, -0.1) is 0 Å². The van der Waals surface area contributed by atoms with Crippen molar-refractivity contribution in [2.24, 2.45) is 0 Å². The number of anilines is 1. The molecular formula is C17H17N7. The second-order valence-electron chi connectivity index (χ2n) is 5.64. The lowest BCUT2D eigenvalue weighted by Crippen LogP contribution is -2.09. The van der Waals surface area contributed by atoms with Gasteiger partial charge in [-0.05, 0) is 31.5 Å². The highest BCUT2D eigenvalue weighted by atomic mass is 15.4. The van der Waals surface area contributed by atoms with Crippen molar-refractivity contribution in [1.82, 2.24) is 29.4 Å². The van der Waals surface area contributed by atoms with E-state index in [1.807, 2.05) is 49.0 Å². The third kappa shape index (κ3) is 2.60. The zero-order chi connectivity index (χ0) is 16.5. The van der Waals surface area contributed by atoms with Gasteiger partial charge in [0.2, 0.25) is 0 Å². The number of aryl methyl sites for hydroxylation is 2. The molecule has 0 saturated carbocycles. The van der Waals surface area contributed by atoms with Crippen molar-refractivity contribution in [1.29, 1.82) is 0 Å². The fraction of sp³-hybridized carbons (Fsp3) is 0.176. The van der Waals surface area contributed by atoms with Gasteiger partial charge < -0.3 is 5.32 Å². The summed E-state index contributed by atoms with van der Waals surface area (Å²) in [6, 6.07) is 12.2. The maximum absolute atomic E-state index is 4.50. The van der Waals surface area contributed by atoms with E-state index in [4.69, 9.17) is 0 Å². The normalized spacial score (nSPS) is 11.1. The lowest BCUT2D eigenvalue weighted by Gasteiger charge is -2.12. The lowest BCUT2D eigenvalue weighted by atomic mass is 10.2. The average molecular weight is 319 g/mol. The highest BCUT2D eigenvalue weighted by Crippen LogP contribution is 2.17. The molecule has 0 fully saturated rings. The van der Waals surface area contributed by atoms with Gasteiger partial charge in [-0.2, -0.15) is 19.7 Å². The number of hydrogen-bond acceptors (Lipinski definition) is 5. The summed E-state index contributed by atoms with van der Waals surface area (Å²) in [5.74, 6) is 1.45. The topological polar surface area (TPSA) is 72.9 Å². The molecule has 0 amide bonds. The maximum atomic E-state index is 4.50. The molecule has 7 nitrogen and oxygen atoms in total. The molecule has 0 aliphatic heterocycles. The molecule has 0 aliphatic carbocycles. The van der Waals surface area contributed by atoms with Crippen LogP contribution in [0.5, 0.6) is 0 Å². The summed E-state index contributed by atoms with van der Waals surface area (Å²) in [4.78, 5) is 8.50. The van der Waals surface area contributed by atoms with E-state index in [1.54, 1.807) is 4.52 Å². The van der Waals surface area contributed by atoms with Crippen LogP contribution in [0.25, 0.3) is 11.5 Å². The minimum absolute atomic E-state index is 0.591. The molecule has 0 aliphatic rings. The second-order valence-corrected chi connectivity index (χ2v) is 5.64. The summed E-state index contributed by atoms with van der Waals surface area (Å²) in [7, 11) is 0. The van der Waals surface area contributed by atoms with Crippen LogP contribution in [0, 0.1) is 13.8 Å². The van der Waals surface area contributed by atoms with Gasteiger partial charge in [0, 0.05) is 24.5 Å². The number of hydrogen-bond donors (Lipinski definition) is 1. The molecule has 0 unspecified atom stereocenters. The van der Waals surface area contributed by atoms with Gasteiger partial charge in [-0.3, -0.25) is 0 Å². The van der Waals surface area contributed by atoms with Crippen LogP contribution in [0.15, 0.2) is 48.9 Å². The van der Waals surface area contributed by atoms with E-state index < -0.39 is 0 Å². The Bertz CT molecular complexity index is 999. The average Bonchev–Trinajstić information content (AvgIpc) is 3.21. The molecule has 0 radical (unpaired) electrons. The number of rotatable bonds is 4. The Morgan fingerprint density at radius 2 is 1.96 bits per heavy atom. The van der Waals surface area contributed by atoms with Crippen molar-refractivity contribution in [3.63, 3.8) is 0 Å². The second kappa shape index (κ2) is 5.77. The van der Waals surface area contributed by atoms with Crippen LogP contribution in [0.1, 0.15) is 17.0 Å². The molecule has 0 spiro atoms. The van der Waals surface area contributed by atoms with Gasteiger partial charge in [0.25, 0.3) is 5.78 Å². The van der Waals surface area contributed by atoms with Gasteiger partial charge >= 0.3 is 0 Å². The zero-order valence-electron chi connectivity index (χ0n) is 13.5. The Hall–Kier alpha value is -3.22. The van der Waals surface area contributed by atoms with E-state index in [0.717, 1.165) is 28.5 Å². The van der Waals surface area contributed by atoms with Gasteiger partial charge in [0.1, 0.15) is 12.1 Å². The smallest absolute Gasteiger partial charge is 0.254 e. The predicted molar refractivity (Wildman–Crippen MR) is 91.1 cm³/mol. The first kappa shape index (κ1) is 14.4. The van der Waals surface area contributed by atoms with Gasteiger partial charge in [-0.25, -0.2) is 9.67 Å². The molecule has 0 saturated heterocycles. The number of para-hydroxylation sites is 1. The molecule has 7 heteroatoms. The summed E-state index contributed by atoms with van der Waals surface area (Å²) in [6.07, 6.45) is 3.48. The van der Waals surface area contributed by atoms with Crippen LogP contribution in [0.2, 0.25) is 0 Å². The quantitative estimate of drug-likeness (QED) is 0.626. The van der Waals surface area contributed by atoms with E-state index in [9.17, 15) is 0 Å². The van der Waals surface area contributed by atoms with E-state index in [2.05, 4.69) is 37.6 Å². The first-order valence-electron chi connectivity index (χ1n) is 7.72. The van der Waals surface area contributed by atoms with Crippen molar-refractivity contribution in [3.8, 4) is 5.69 Å². The van der Waals surface area contributed by atoms with Crippen LogP contribution in [0.4, 0.5) is 5.82 Å². The lowest BCUT2D eigenvalue weighted by molar-refractivity contribution is 0.845. The van der Waals surface area contributed by atoms with E-state index in [-0.39, 0.29) is 0 Å². The van der Waals surface area contributed by atoms with Gasteiger partial charge in [0.05, 0.1) is 11.4 Å². The summed E-state index contributed by atoms with van der Waals surface area (Å²) < 4.78 is 3.60. The molecule has 24 heavy (non-hydrogen) atoms. The van der Waals surface area contributed by atoms with Crippen molar-refractivity contribution >= 4 is 11.6 Å². The SMILES string of the molecule is Cc1cc(NCc2ccccc2-n2ccc(C)n2)n2ncnc2n1. The van der Waals surface area contributed by atoms with E-state index >= 15 is 0 Å². The highest BCUT2D eigenvalue weighted by Gasteiger charge is 2.08. The molecule has 3 heterocycles. The molecule has 0 bridgehead atoms. The molecule has 1 aromatic carbocycles. The van der Waals surface area contributed by atoms with Crippen LogP contribution in [0.3, 0.4) is 0 Å². The monoisotopic (exact) mass is 319 g/mol. The van der Waals surface area contributed by atoms with Gasteiger partial charge in [0.15, 0.2) is 0 Å². The van der Waals surface area contributed by atoms with Crippen molar-refractivity contribution in [2.45, 2.75) is 20.4 Å². The largest absolute Gasteiger partial charge is 0.366 e. The number of nitrogens with one attached hydrogen (secondary N) is 1. The molecule has 3 aromatic heterocycles. The molecule has 4 aromatic rings. The molecule has 1 N–H and O–H groups in total. The molecule has 0 atom stereocenters. The van der Waals surface area contributed by atoms with Crippen LogP contribution in [-0.2, 0) is 6.54 Å². The first-order valence-corrected chi connectivity index (χ1v) is 7.72. The summed E-state index contributed by atoms with van der Waals surface area (Å²) >= 11 is 0. The Morgan fingerprint density at radius 3 is 2.79 bits per heavy atom. The van der Waals surface area contributed by atoms with Crippen molar-refractivity contribution in [2.75, 3.05) is 5.32 Å². The van der Waals surface area contributed by atoms with Crippen molar-refractivity contribution < 1.29 is 0 Å². The third-order valence-electron chi connectivity index (χ3n) is 3.80. The Labute approximate surface area is 139 Å². The zero-order valence-corrected chi connectivity index (χ0v) is 13.5. The Morgan fingerprint density at radius 1 is 1.08 bits per heavy atom. The Balaban J connectivity index is 1.65. The fourth-order valence-electron chi connectivity index (χ4n) is 2.68. The molecule has 4 rings (SSSR count). The summed E-state index contributed by atoms with van der Waals surface area (Å²) in [5, 5.41) is 12.1. The summed E-state index contributed by atoms with van der Waals surface area (Å²) in [6.45, 7) is 4.58. The number of benzene rings is 1. The molecular weight excluding hydrogens is 302 g/mol. The minimum Gasteiger partial charge on any atom is -0.366 e. The van der Waals surface area contributed by atoms with Crippen molar-refractivity contribution in [3.05, 3.63) is 65.9 Å². The number of aromatic nitrogens is 6. The number of nitrogens with zero attached hydrogens (tertiary/aromatic N) is 6. The van der Waals surface area contributed by atoms with E-state index in [0.29, 0.717) is 12.3 Å². The first-order chi connectivity index (χ1) is 11.7. The molecule has 120 valence electrons. The minimum atomic E-state index is 0.591. The Kier molecular flexibility index (Phi) is 3.45. The summed E-state index contributed by atoms with van der Waals surface area (Å²) in [5.41, 5.74) is 4.09. The third-order valence-corrected chi connectivity index (χ3v) is 3.80. The standard InChI is InChI=1S/C17H17N7/c1-12-7-8-23(22-12)15-6-4-3-5-14(15)10-18-16-9-13(2)21-17-19-11-20-24(16)17/h3-9,11,18H,10H2,1-2H3. The maximum Gasteiger partial charge on any atom is 0.254 e.